The number of rotatable bonds is 6. The Kier molecular flexibility index (Phi) is 4.23. The minimum atomic E-state index is 0.138. The molecule has 1 N–H and O–H groups in total. The third kappa shape index (κ3) is 3.26. The van der Waals surface area contributed by atoms with E-state index in [0.717, 1.165) is 24.3 Å². The summed E-state index contributed by atoms with van der Waals surface area (Å²) in [7, 11) is 0. The van der Waals surface area contributed by atoms with E-state index in [4.69, 9.17) is 0 Å². The average molecular weight is 282 g/mol. The van der Waals surface area contributed by atoms with E-state index in [9.17, 15) is 5.11 Å². The number of fused-ring (bicyclic) bond motifs is 1. The van der Waals surface area contributed by atoms with Gasteiger partial charge in [-0.25, -0.2) is 9.50 Å². The largest absolute Gasteiger partial charge is 0.395 e. The molecular weight excluding hydrogens is 264 g/mol. The number of aromatic nitrogens is 3. The van der Waals surface area contributed by atoms with Crippen molar-refractivity contribution in [3.8, 4) is 0 Å². The van der Waals surface area contributed by atoms with Gasteiger partial charge in [-0.1, -0.05) is 30.3 Å². The Balaban J connectivity index is 1.78. The maximum atomic E-state index is 9.28. The van der Waals surface area contributed by atoms with Crippen molar-refractivity contribution in [2.45, 2.75) is 13.1 Å². The highest BCUT2D eigenvalue weighted by atomic mass is 16.3. The lowest BCUT2D eigenvalue weighted by molar-refractivity contribution is 0.184. The van der Waals surface area contributed by atoms with Gasteiger partial charge in [0.15, 0.2) is 5.65 Å². The van der Waals surface area contributed by atoms with Crippen LogP contribution < -0.4 is 0 Å². The predicted octanol–water partition coefficient (Wildman–Crippen LogP) is 1.72. The second-order valence-electron chi connectivity index (χ2n) is 4.98. The Hall–Kier alpha value is -2.24. The maximum absolute atomic E-state index is 9.28. The fourth-order valence-electron chi connectivity index (χ4n) is 2.43. The molecule has 2 aromatic heterocycles. The van der Waals surface area contributed by atoms with Gasteiger partial charge in [0, 0.05) is 37.6 Å². The van der Waals surface area contributed by atoms with E-state index in [1.54, 1.807) is 10.7 Å². The zero-order valence-electron chi connectivity index (χ0n) is 11.8. The van der Waals surface area contributed by atoms with Crippen molar-refractivity contribution in [3.63, 3.8) is 0 Å². The van der Waals surface area contributed by atoms with Crippen LogP contribution in [0.1, 0.15) is 11.1 Å². The number of hydrogen-bond donors (Lipinski definition) is 1. The molecule has 108 valence electrons. The first kappa shape index (κ1) is 13.7. The zero-order valence-corrected chi connectivity index (χ0v) is 11.8. The van der Waals surface area contributed by atoms with Gasteiger partial charge in [0.25, 0.3) is 0 Å². The van der Waals surface area contributed by atoms with Crippen LogP contribution in [0.2, 0.25) is 0 Å². The molecule has 3 rings (SSSR count). The molecule has 0 unspecified atom stereocenters. The van der Waals surface area contributed by atoms with E-state index in [2.05, 4.69) is 27.1 Å². The quantitative estimate of drug-likeness (QED) is 0.748. The lowest BCUT2D eigenvalue weighted by atomic mass is 10.2. The summed E-state index contributed by atoms with van der Waals surface area (Å²) in [5, 5.41) is 13.6. The molecule has 3 aromatic rings. The molecular formula is C16H18N4O. The molecule has 0 saturated heterocycles. The van der Waals surface area contributed by atoms with Crippen molar-refractivity contribution in [1.29, 1.82) is 0 Å². The van der Waals surface area contributed by atoms with Crippen molar-refractivity contribution < 1.29 is 5.11 Å². The highest BCUT2D eigenvalue weighted by Crippen LogP contribution is 2.13. The Labute approximate surface area is 123 Å². The molecule has 0 spiro atoms. The molecule has 0 fully saturated rings. The number of aliphatic hydroxyl groups is 1. The first-order valence-corrected chi connectivity index (χ1v) is 7.01. The fourth-order valence-corrected chi connectivity index (χ4v) is 2.43. The third-order valence-electron chi connectivity index (χ3n) is 3.41. The van der Waals surface area contributed by atoms with E-state index < -0.39 is 0 Å². The van der Waals surface area contributed by atoms with Crippen LogP contribution in [-0.4, -0.2) is 37.8 Å². The lowest BCUT2D eigenvalue weighted by Crippen LogP contribution is -2.26. The average Bonchev–Trinajstić information content (AvgIpc) is 2.92. The van der Waals surface area contributed by atoms with Gasteiger partial charge in [0.2, 0.25) is 0 Å². The van der Waals surface area contributed by atoms with Crippen LogP contribution in [0.3, 0.4) is 0 Å². The van der Waals surface area contributed by atoms with Gasteiger partial charge < -0.3 is 5.11 Å². The predicted molar refractivity (Wildman–Crippen MR) is 80.6 cm³/mol. The second-order valence-corrected chi connectivity index (χ2v) is 4.98. The molecule has 2 heterocycles. The number of hydrogen-bond acceptors (Lipinski definition) is 4. The van der Waals surface area contributed by atoms with Crippen molar-refractivity contribution in [2.75, 3.05) is 13.2 Å². The van der Waals surface area contributed by atoms with Gasteiger partial charge in [-0.3, -0.25) is 4.90 Å². The number of benzene rings is 1. The molecule has 0 bridgehead atoms. The summed E-state index contributed by atoms with van der Waals surface area (Å²) in [6.45, 7) is 2.28. The number of nitrogens with zero attached hydrogens (tertiary/aromatic N) is 4. The highest BCUT2D eigenvalue weighted by molar-refractivity contribution is 5.45. The minimum Gasteiger partial charge on any atom is -0.395 e. The van der Waals surface area contributed by atoms with Gasteiger partial charge in [0.05, 0.1) is 12.8 Å². The summed E-state index contributed by atoms with van der Waals surface area (Å²) < 4.78 is 1.77. The first-order chi connectivity index (χ1) is 10.4. The zero-order chi connectivity index (χ0) is 14.5. The molecule has 0 radical (unpaired) electrons. The van der Waals surface area contributed by atoms with Gasteiger partial charge in [-0.05, 0) is 11.6 Å². The van der Waals surface area contributed by atoms with Crippen LogP contribution >= 0.6 is 0 Å². The molecule has 1 aromatic carbocycles. The minimum absolute atomic E-state index is 0.138. The Morgan fingerprint density at radius 3 is 2.76 bits per heavy atom. The van der Waals surface area contributed by atoms with Crippen molar-refractivity contribution in [3.05, 3.63) is 66.1 Å². The summed E-state index contributed by atoms with van der Waals surface area (Å²) in [5.41, 5.74) is 3.17. The highest BCUT2D eigenvalue weighted by Gasteiger charge is 2.11. The molecule has 0 saturated carbocycles. The fraction of sp³-hybridized carbons (Fsp3) is 0.250. The summed E-state index contributed by atoms with van der Waals surface area (Å²) in [6, 6.07) is 12.1. The molecule has 0 amide bonds. The van der Waals surface area contributed by atoms with E-state index in [0.29, 0.717) is 6.54 Å². The molecule has 0 atom stereocenters. The Morgan fingerprint density at radius 1 is 1.10 bits per heavy atom. The summed E-state index contributed by atoms with van der Waals surface area (Å²) in [6.07, 6.45) is 5.51. The molecule has 0 aliphatic carbocycles. The molecule has 5 heteroatoms. The van der Waals surface area contributed by atoms with Crippen molar-refractivity contribution in [2.24, 2.45) is 0 Å². The van der Waals surface area contributed by atoms with Gasteiger partial charge in [-0.15, -0.1) is 0 Å². The van der Waals surface area contributed by atoms with E-state index in [-0.39, 0.29) is 6.61 Å². The summed E-state index contributed by atoms with van der Waals surface area (Å²) >= 11 is 0. The van der Waals surface area contributed by atoms with E-state index >= 15 is 0 Å². The monoisotopic (exact) mass is 282 g/mol. The van der Waals surface area contributed by atoms with Crippen LogP contribution in [0, 0.1) is 0 Å². The first-order valence-electron chi connectivity index (χ1n) is 7.01. The van der Waals surface area contributed by atoms with Gasteiger partial charge in [-0.2, -0.15) is 5.10 Å². The summed E-state index contributed by atoms with van der Waals surface area (Å²) in [5.74, 6) is 0. The summed E-state index contributed by atoms with van der Waals surface area (Å²) in [4.78, 5) is 6.57. The second kappa shape index (κ2) is 6.47. The molecule has 21 heavy (non-hydrogen) atoms. The van der Waals surface area contributed by atoms with Gasteiger partial charge in [0.1, 0.15) is 0 Å². The molecule has 0 aliphatic heterocycles. The van der Waals surface area contributed by atoms with Crippen LogP contribution in [0.15, 0.2) is 55.0 Å². The molecule has 5 nitrogen and oxygen atoms in total. The lowest BCUT2D eigenvalue weighted by Gasteiger charge is -2.20. The van der Waals surface area contributed by atoms with Crippen LogP contribution in [0.4, 0.5) is 0 Å². The van der Waals surface area contributed by atoms with Crippen molar-refractivity contribution >= 4 is 5.65 Å². The van der Waals surface area contributed by atoms with Crippen LogP contribution in [0.5, 0.6) is 0 Å². The van der Waals surface area contributed by atoms with Gasteiger partial charge >= 0.3 is 0 Å². The molecule has 0 aliphatic rings. The normalized spacial score (nSPS) is 11.3. The number of aliphatic hydroxyl groups excluding tert-OH is 1. The SMILES string of the molecule is OCCN(Cc1ccccc1)Cc1cnn2cccnc12. The van der Waals surface area contributed by atoms with Crippen LogP contribution in [-0.2, 0) is 13.1 Å². The Bertz CT molecular complexity index is 696. The van der Waals surface area contributed by atoms with Crippen molar-refractivity contribution in [1.82, 2.24) is 19.5 Å². The smallest absolute Gasteiger partial charge is 0.159 e. The maximum Gasteiger partial charge on any atom is 0.159 e. The standard InChI is InChI=1S/C16H18N4O/c21-10-9-19(12-14-5-2-1-3-6-14)13-15-11-18-20-8-4-7-17-16(15)20/h1-8,11,21H,9-10,12-13H2. The van der Waals surface area contributed by atoms with Crippen LogP contribution in [0.25, 0.3) is 5.65 Å². The topological polar surface area (TPSA) is 53.7 Å². The van der Waals surface area contributed by atoms with E-state index in [1.807, 2.05) is 36.7 Å². The Morgan fingerprint density at radius 2 is 1.95 bits per heavy atom. The third-order valence-corrected chi connectivity index (χ3v) is 3.41. The van der Waals surface area contributed by atoms with E-state index in [1.165, 1.54) is 5.56 Å².